The smallest absolute Gasteiger partial charge is 0.260 e. The van der Waals surface area contributed by atoms with E-state index in [9.17, 15) is 9.59 Å². The van der Waals surface area contributed by atoms with Gasteiger partial charge >= 0.3 is 0 Å². The van der Waals surface area contributed by atoms with Crippen molar-refractivity contribution in [2.75, 3.05) is 7.05 Å². The number of amides is 2. The fourth-order valence-corrected chi connectivity index (χ4v) is 4.70. The van der Waals surface area contributed by atoms with Crippen LogP contribution in [0.2, 0.25) is 0 Å². The summed E-state index contributed by atoms with van der Waals surface area (Å²) >= 11 is 0. The molecular weight excluding hydrogens is 464 g/mol. The number of nitriles is 1. The highest BCUT2D eigenvalue weighted by molar-refractivity contribution is 6.08. The number of carbonyl (C=O) groups is 2. The second kappa shape index (κ2) is 10.6. The molecule has 1 atom stereocenters. The lowest BCUT2D eigenvalue weighted by molar-refractivity contribution is -0.132. The molecule has 2 heterocycles. The first-order valence-corrected chi connectivity index (χ1v) is 12.2. The van der Waals surface area contributed by atoms with E-state index in [4.69, 9.17) is 10.7 Å². The van der Waals surface area contributed by atoms with Gasteiger partial charge in [0.15, 0.2) is 5.96 Å². The van der Waals surface area contributed by atoms with Crippen LogP contribution in [0.5, 0.6) is 0 Å². The zero-order chi connectivity index (χ0) is 26.6. The van der Waals surface area contributed by atoms with Crippen molar-refractivity contribution in [3.05, 3.63) is 101 Å². The topological polar surface area (TPSA) is 113 Å². The maximum Gasteiger partial charge on any atom is 0.260 e. The summed E-state index contributed by atoms with van der Waals surface area (Å²) < 4.78 is 0. The predicted octanol–water partition coefficient (Wildman–Crippen LogP) is 4.03. The number of guanidine groups is 1. The Bertz CT molecular complexity index is 1350. The van der Waals surface area contributed by atoms with Gasteiger partial charge in [-0.2, -0.15) is 5.26 Å². The van der Waals surface area contributed by atoms with E-state index in [-0.39, 0.29) is 30.2 Å². The summed E-state index contributed by atoms with van der Waals surface area (Å²) in [5.74, 6) is -0.151. The van der Waals surface area contributed by atoms with E-state index >= 15 is 0 Å². The molecule has 2 N–H and O–H groups in total. The van der Waals surface area contributed by atoms with E-state index in [1.54, 1.807) is 42.4 Å². The third-order valence-electron chi connectivity index (χ3n) is 6.43. The van der Waals surface area contributed by atoms with Gasteiger partial charge in [-0.25, -0.2) is 0 Å². The first-order valence-electron chi connectivity index (χ1n) is 12.2. The van der Waals surface area contributed by atoms with Gasteiger partial charge in [0, 0.05) is 25.4 Å². The van der Waals surface area contributed by atoms with E-state index < -0.39 is 5.54 Å². The molecule has 37 heavy (non-hydrogen) atoms. The van der Waals surface area contributed by atoms with Crippen LogP contribution in [0.25, 0.3) is 0 Å². The minimum atomic E-state index is -1.01. The Morgan fingerprint density at radius 2 is 1.86 bits per heavy atom. The zero-order valence-corrected chi connectivity index (χ0v) is 21.2. The minimum absolute atomic E-state index is 0.0194. The molecule has 1 saturated heterocycles. The highest BCUT2D eigenvalue weighted by atomic mass is 16.2. The Kier molecular flexibility index (Phi) is 7.35. The fourth-order valence-electron chi connectivity index (χ4n) is 4.70. The second-order valence-corrected chi connectivity index (χ2v) is 9.74. The van der Waals surface area contributed by atoms with E-state index in [0.29, 0.717) is 29.8 Å². The van der Waals surface area contributed by atoms with Crippen molar-refractivity contribution in [3.63, 3.8) is 0 Å². The highest BCUT2D eigenvalue weighted by Gasteiger charge is 2.50. The number of aromatic nitrogens is 1. The molecule has 1 fully saturated rings. The van der Waals surface area contributed by atoms with Gasteiger partial charge in [0.1, 0.15) is 5.54 Å². The summed E-state index contributed by atoms with van der Waals surface area (Å²) in [6, 6.07) is 22.0. The van der Waals surface area contributed by atoms with Crippen LogP contribution < -0.4 is 5.32 Å². The molecule has 1 aliphatic heterocycles. The van der Waals surface area contributed by atoms with Crippen LogP contribution in [0.1, 0.15) is 53.0 Å². The van der Waals surface area contributed by atoms with Crippen molar-refractivity contribution < 1.29 is 9.59 Å². The van der Waals surface area contributed by atoms with Crippen molar-refractivity contribution in [2.45, 2.75) is 38.9 Å². The Balaban J connectivity index is 1.52. The van der Waals surface area contributed by atoms with Crippen LogP contribution in [-0.4, -0.2) is 39.6 Å². The van der Waals surface area contributed by atoms with Crippen molar-refractivity contribution >= 4 is 17.8 Å². The molecule has 0 spiro atoms. The predicted molar refractivity (Wildman–Crippen MR) is 140 cm³/mol. The van der Waals surface area contributed by atoms with E-state index in [0.717, 1.165) is 11.1 Å². The molecule has 0 saturated carbocycles. The molecule has 0 aliphatic carbocycles. The number of rotatable bonds is 8. The highest BCUT2D eigenvalue weighted by Crippen LogP contribution is 2.35. The van der Waals surface area contributed by atoms with E-state index in [1.165, 1.54) is 4.90 Å². The van der Waals surface area contributed by atoms with E-state index in [2.05, 4.69) is 30.2 Å². The molecule has 1 aromatic heterocycles. The Morgan fingerprint density at radius 3 is 2.51 bits per heavy atom. The van der Waals surface area contributed by atoms with Crippen molar-refractivity contribution in [1.29, 1.82) is 10.7 Å². The van der Waals surface area contributed by atoms with Gasteiger partial charge in [-0.05, 0) is 47.7 Å². The number of carbonyl (C=O) groups excluding carboxylic acids is 2. The Hall–Kier alpha value is -4.51. The lowest BCUT2D eigenvalue weighted by atomic mass is 9.82. The monoisotopic (exact) mass is 494 g/mol. The third-order valence-corrected chi connectivity index (χ3v) is 6.43. The molecule has 4 rings (SSSR count). The second-order valence-electron chi connectivity index (χ2n) is 9.74. The maximum absolute atomic E-state index is 13.8. The normalized spacial score (nSPS) is 17.0. The Labute approximate surface area is 217 Å². The van der Waals surface area contributed by atoms with Crippen LogP contribution in [0, 0.1) is 22.7 Å². The number of pyridine rings is 1. The van der Waals surface area contributed by atoms with Crippen molar-refractivity contribution in [1.82, 2.24) is 20.1 Å². The fraction of sp³-hybridized carbons (Fsp3) is 0.276. The number of hydrogen-bond donors (Lipinski definition) is 2. The maximum atomic E-state index is 13.8. The van der Waals surface area contributed by atoms with Gasteiger partial charge in [-0.15, -0.1) is 0 Å². The lowest BCUT2D eigenvalue weighted by Crippen LogP contribution is -2.45. The average molecular weight is 495 g/mol. The van der Waals surface area contributed by atoms with Gasteiger partial charge in [0.2, 0.25) is 0 Å². The molecule has 1 aliphatic rings. The molecular formula is C29H30N6O2. The largest absolute Gasteiger partial charge is 0.338 e. The number of nitrogens with zero attached hydrogens (tertiary/aromatic N) is 4. The van der Waals surface area contributed by atoms with Crippen LogP contribution in [0.15, 0.2) is 72.9 Å². The Morgan fingerprint density at radius 1 is 1.16 bits per heavy atom. The summed E-state index contributed by atoms with van der Waals surface area (Å²) in [4.78, 5) is 34.2. The molecule has 8 nitrogen and oxygen atoms in total. The number of hydrogen-bond acceptors (Lipinski definition) is 5. The zero-order valence-electron chi connectivity index (χ0n) is 21.2. The molecule has 2 aromatic carbocycles. The van der Waals surface area contributed by atoms with Gasteiger partial charge in [-0.3, -0.25) is 24.9 Å². The van der Waals surface area contributed by atoms with Crippen molar-refractivity contribution in [2.24, 2.45) is 5.92 Å². The molecule has 1 unspecified atom stereocenters. The number of benzene rings is 2. The summed E-state index contributed by atoms with van der Waals surface area (Å²) in [6.45, 7) is 4.57. The van der Waals surface area contributed by atoms with Crippen LogP contribution in [0.4, 0.5) is 0 Å². The summed E-state index contributed by atoms with van der Waals surface area (Å²) in [5, 5.41) is 20.7. The van der Waals surface area contributed by atoms with Gasteiger partial charge < -0.3 is 10.2 Å². The standard InChI is InChI=1S/C29H30N6O2/c1-20(2)16-29(24-7-5-4-6-8-24)27(37)35(28(31)33-29)19-25-15-23(13-14-32-25)26(36)34(3)18-22-11-9-21(17-30)10-12-22/h4-15,20H,16,18-19H2,1-3H3,(H2,31,33). The molecule has 3 aromatic rings. The minimum Gasteiger partial charge on any atom is -0.338 e. The molecule has 8 heteroatoms. The SMILES string of the molecule is CC(C)CC1(c2ccccc2)NC(=N)N(Cc2cc(C(=O)N(C)Cc3ccc(C#N)cc3)ccn2)C1=O. The summed E-state index contributed by atoms with van der Waals surface area (Å²) in [6.07, 6.45) is 2.09. The van der Waals surface area contributed by atoms with E-state index in [1.807, 2.05) is 42.5 Å². The molecule has 188 valence electrons. The van der Waals surface area contributed by atoms with Crippen LogP contribution >= 0.6 is 0 Å². The van der Waals surface area contributed by atoms with Gasteiger partial charge in [-0.1, -0.05) is 56.3 Å². The van der Waals surface area contributed by atoms with Gasteiger partial charge in [0.05, 0.1) is 23.9 Å². The van der Waals surface area contributed by atoms with Crippen molar-refractivity contribution in [3.8, 4) is 6.07 Å². The third kappa shape index (κ3) is 5.36. The van der Waals surface area contributed by atoms with Gasteiger partial charge in [0.25, 0.3) is 11.8 Å². The first-order chi connectivity index (χ1) is 17.7. The summed E-state index contributed by atoms with van der Waals surface area (Å²) in [7, 11) is 1.71. The molecule has 2 amide bonds. The lowest BCUT2D eigenvalue weighted by Gasteiger charge is -2.29. The molecule has 0 radical (unpaired) electrons. The molecule has 0 bridgehead atoms. The quantitative estimate of drug-likeness (QED) is 0.491. The first kappa shape index (κ1) is 25.6. The number of nitrogens with one attached hydrogen (secondary N) is 2. The summed E-state index contributed by atoms with van der Waals surface area (Å²) in [5.41, 5.74) is 2.25. The average Bonchev–Trinajstić information content (AvgIpc) is 3.13. The van der Waals surface area contributed by atoms with Crippen LogP contribution in [-0.2, 0) is 23.4 Å². The van der Waals surface area contributed by atoms with Crippen LogP contribution in [0.3, 0.4) is 0 Å².